The topological polar surface area (TPSA) is 127 Å². The maximum absolute atomic E-state index is 11.6. The minimum atomic E-state index is -1.01. The van der Waals surface area contributed by atoms with Gasteiger partial charge in [-0.3, -0.25) is 9.59 Å². The van der Waals surface area contributed by atoms with E-state index in [1.807, 2.05) is 6.92 Å². The molecule has 2 aromatic rings. The van der Waals surface area contributed by atoms with E-state index < -0.39 is 5.97 Å². The molecule has 9 heteroatoms. The molecule has 2 rings (SSSR count). The minimum absolute atomic E-state index is 0.0161. The van der Waals surface area contributed by atoms with Crippen LogP contribution in [0.1, 0.15) is 61.3 Å². The normalized spacial score (nSPS) is 10.8. The second-order valence-electron chi connectivity index (χ2n) is 6.53. The Bertz CT molecular complexity index is 819. The molecule has 0 saturated heterocycles. The zero-order valence-electron chi connectivity index (χ0n) is 16.2. The van der Waals surface area contributed by atoms with Crippen molar-refractivity contribution in [2.75, 3.05) is 6.61 Å². The first-order chi connectivity index (χ1) is 13.4. The van der Waals surface area contributed by atoms with Gasteiger partial charge >= 0.3 is 5.97 Å². The fourth-order valence-electron chi connectivity index (χ4n) is 2.84. The lowest BCUT2D eigenvalue weighted by Gasteiger charge is -2.14. The summed E-state index contributed by atoms with van der Waals surface area (Å²) in [5.74, 6) is -0.0247. The van der Waals surface area contributed by atoms with Crippen LogP contribution in [-0.2, 0) is 24.2 Å². The summed E-state index contributed by atoms with van der Waals surface area (Å²) in [7, 11) is 0. The number of aliphatic carboxylic acids is 1. The quantitative estimate of drug-likeness (QED) is 0.418. The van der Waals surface area contributed by atoms with Gasteiger partial charge in [0.15, 0.2) is 18.2 Å². The molecule has 0 bridgehead atoms. The van der Waals surface area contributed by atoms with E-state index in [0.717, 1.165) is 30.5 Å². The molecule has 9 nitrogen and oxygen atoms in total. The average molecular weight is 390 g/mol. The summed E-state index contributed by atoms with van der Waals surface area (Å²) in [4.78, 5) is 23.2. The largest absolute Gasteiger partial charge is 0.507 e. The van der Waals surface area contributed by atoms with Crippen LogP contribution in [0, 0.1) is 0 Å². The summed E-state index contributed by atoms with van der Waals surface area (Å²) in [5.41, 5.74) is 0.994. The molecule has 0 saturated carbocycles. The van der Waals surface area contributed by atoms with Crippen LogP contribution in [0.5, 0.6) is 11.5 Å². The Kier molecular flexibility index (Phi) is 7.91. The summed E-state index contributed by atoms with van der Waals surface area (Å²) < 4.78 is 5.82. The number of aryl methyl sites for hydroxylation is 1. The molecule has 0 atom stereocenters. The number of carboxylic acid groups (broad SMARTS) is 1. The first-order valence-electron chi connectivity index (χ1n) is 9.39. The smallest absolute Gasteiger partial charge is 0.327 e. The van der Waals surface area contributed by atoms with E-state index in [9.17, 15) is 14.7 Å². The molecule has 1 aromatic carbocycles. The summed E-state index contributed by atoms with van der Waals surface area (Å²) in [5, 5.41) is 30.5. The van der Waals surface area contributed by atoms with Gasteiger partial charge in [-0.25, -0.2) is 0 Å². The van der Waals surface area contributed by atoms with Crippen molar-refractivity contribution in [2.24, 2.45) is 0 Å². The van der Waals surface area contributed by atoms with Crippen LogP contribution in [0.3, 0.4) is 0 Å². The van der Waals surface area contributed by atoms with Gasteiger partial charge in [0.2, 0.25) is 0 Å². The SMILES string of the molecule is CCCc1c(OCCCCCc2nnn(CC(=O)O)n2)ccc(C(C)=O)c1O. The van der Waals surface area contributed by atoms with Gasteiger partial charge in [0.25, 0.3) is 0 Å². The summed E-state index contributed by atoms with van der Waals surface area (Å²) >= 11 is 0. The van der Waals surface area contributed by atoms with E-state index in [2.05, 4.69) is 15.4 Å². The van der Waals surface area contributed by atoms with Gasteiger partial charge in [-0.05, 0) is 50.0 Å². The molecule has 2 N–H and O–H groups in total. The Hall–Kier alpha value is -2.97. The highest BCUT2D eigenvalue weighted by atomic mass is 16.5. The fourth-order valence-corrected chi connectivity index (χ4v) is 2.84. The van der Waals surface area contributed by atoms with E-state index in [0.29, 0.717) is 42.1 Å². The van der Waals surface area contributed by atoms with Gasteiger partial charge in [-0.1, -0.05) is 13.3 Å². The number of carbonyl (C=O) groups excluding carboxylic acids is 1. The van der Waals surface area contributed by atoms with Crippen LogP contribution < -0.4 is 4.74 Å². The van der Waals surface area contributed by atoms with Gasteiger partial charge in [-0.15, -0.1) is 10.2 Å². The number of ketones is 1. The fraction of sp³-hybridized carbons (Fsp3) is 0.526. The zero-order valence-corrected chi connectivity index (χ0v) is 16.2. The second-order valence-corrected chi connectivity index (χ2v) is 6.53. The number of aromatic nitrogens is 4. The third-order valence-corrected chi connectivity index (χ3v) is 4.19. The van der Waals surface area contributed by atoms with E-state index in [-0.39, 0.29) is 18.1 Å². The Morgan fingerprint density at radius 3 is 2.64 bits per heavy atom. The van der Waals surface area contributed by atoms with Crippen molar-refractivity contribution < 1.29 is 24.5 Å². The van der Waals surface area contributed by atoms with Crippen LogP contribution in [0.2, 0.25) is 0 Å². The molecular formula is C19H26N4O5. The maximum atomic E-state index is 11.6. The van der Waals surface area contributed by atoms with Crippen LogP contribution in [-0.4, -0.2) is 48.8 Å². The number of unbranched alkanes of at least 4 members (excludes halogenated alkanes) is 2. The molecule has 0 aliphatic heterocycles. The number of phenolic OH excluding ortho intramolecular Hbond substituents is 1. The second kappa shape index (κ2) is 10.4. The number of hydrogen-bond acceptors (Lipinski definition) is 7. The minimum Gasteiger partial charge on any atom is -0.507 e. The Morgan fingerprint density at radius 1 is 1.18 bits per heavy atom. The summed E-state index contributed by atoms with van der Waals surface area (Å²) in [6.45, 7) is 3.63. The molecule has 28 heavy (non-hydrogen) atoms. The van der Waals surface area contributed by atoms with Gasteiger partial charge in [0, 0.05) is 12.0 Å². The van der Waals surface area contributed by atoms with Crippen molar-refractivity contribution in [1.82, 2.24) is 20.2 Å². The highest BCUT2D eigenvalue weighted by Gasteiger charge is 2.15. The number of ether oxygens (including phenoxy) is 1. The molecule has 0 aliphatic carbocycles. The number of Topliss-reactive ketones (excluding diaryl/α,β-unsaturated/α-hetero) is 1. The van der Waals surface area contributed by atoms with Crippen LogP contribution in [0.25, 0.3) is 0 Å². The third kappa shape index (κ3) is 6.04. The third-order valence-electron chi connectivity index (χ3n) is 4.19. The maximum Gasteiger partial charge on any atom is 0.327 e. The van der Waals surface area contributed by atoms with Crippen molar-refractivity contribution in [2.45, 2.75) is 58.9 Å². The zero-order chi connectivity index (χ0) is 20.5. The molecule has 0 radical (unpaired) electrons. The Labute approximate surface area is 163 Å². The van der Waals surface area contributed by atoms with E-state index in [1.54, 1.807) is 12.1 Å². The first-order valence-corrected chi connectivity index (χ1v) is 9.39. The standard InChI is InChI=1S/C19H26N4O5/c1-3-7-15-16(10-9-14(13(2)24)19(15)27)28-11-6-4-5-8-17-20-22-23(21-17)12-18(25)26/h9-10,27H,3-8,11-12H2,1-2H3,(H,25,26). The average Bonchev–Trinajstić information content (AvgIpc) is 3.06. The number of tetrazole rings is 1. The molecule has 0 unspecified atom stereocenters. The van der Waals surface area contributed by atoms with E-state index >= 15 is 0 Å². The lowest BCUT2D eigenvalue weighted by molar-refractivity contribution is -0.138. The molecule has 0 aliphatic rings. The molecule has 1 heterocycles. The number of rotatable bonds is 12. The molecule has 152 valence electrons. The molecule has 1 aromatic heterocycles. The monoisotopic (exact) mass is 390 g/mol. The number of aromatic hydroxyl groups is 1. The number of carboxylic acids is 1. The van der Waals surface area contributed by atoms with Gasteiger partial charge in [-0.2, -0.15) is 4.80 Å². The predicted octanol–water partition coefficient (Wildman–Crippen LogP) is 2.41. The van der Waals surface area contributed by atoms with Crippen molar-refractivity contribution >= 4 is 11.8 Å². The highest BCUT2D eigenvalue weighted by Crippen LogP contribution is 2.33. The Balaban J connectivity index is 1.78. The van der Waals surface area contributed by atoms with Gasteiger partial charge < -0.3 is 14.9 Å². The summed E-state index contributed by atoms with van der Waals surface area (Å²) in [6.07, 6.45) is 4.62. The number of nitrogens with zero attached hydrogens (tertiary/aromatic N) is 4. The first kappa shape index (κ1) is 21.3. The molecular weight excluding hydrogens is 364 g/mol. The number of phenols is 1. The van der Waals surface area contributed by atoms with Crippen molar-refractivity contribution in [3.63, 3.8) is 0 Å². The lowest BCUT2D eigenvalue weighted by atomic mass is 10.0. The molecule has 0 fully saturated rings. The Morgan fingerprint density at radius 2 is 1.96 bits per heavy atom. The van der Waals surface area contributed by atoms with E-state index in [1.165, 1.54) is 6.92 Å². The van der Waals surface area contributed by atoms with Crippen LogP contribution >= 0.6 is 0 Å². The van der Waals surface area contributed by atoms with Crippen molar-refractivity contribution in [3.8, 4) is 11.5 Å². The lowest BCUT2D eigenvalue weighted by Crippen LogP contribution is -2.11. The van der Waals surface area contributed by atoms with Gasteiger partial charge in [0.05, 0.1) is 12.2 Å². The predicted molar refractivity (Wildman–Crippen MR) is 101 cm³/mol. The molecule has 0 amide bonds. The number of hydrogen-bond donors (Lipinski definition) is 2. The van der Waals surface area contributed by atoms with Crippen LogP contribution in [0.15, 0.2) is 12.1 Å². The number of carbonyl (C=O) groups is 2. The number of benzene rings is 1. The van der Waals surface area contributed by atoms with E-state index in [4.69, 9.17) is 9.84 Å². The van der Waals surface area contributed by atoms with Gasteiger partial charge in [0.1, 0.15) is 11.5 Å². The molecule has 0 spiro atoms. The van der Waals surface area contributed by atoms with Crippen molar-refractivity contribution in [1.29, 1.82) is 0 Å². The van der Waals surface area contributed by atoms with Crippen LogP contribution in [0.4, 0.5) is 0 Å². The summed E-state index contributed by atoms with van der Waals surface area (Å²) in [6, 6.07) is 3.34. The van der Waals surface area contributed by atoms with Crippen molar-refractivity contribution in [3.05, 3.63) is 29.1 Å². The highest BCUT2D eigenvalue weighted by molar-refractivity contribution is 5.97.